The van der Waals surface area contributed by atoms with Crippen molar-refractivity contribution in [1.29, 1.82) is 0 Å². The van der Waals surface area contributed by atoms with Crippen molar-refractivity contribution >= 4 is 42.6 Å². The minimum Gasteiger partial charge on any atom is -0.294 e. The van der Waals surface area contributed by atoms with Gasteiger partial charge in [-0.05, 0) is 25.1 Å². The molecule has 2 aromatic carbocycles. The molecule has 0 amide bonds. The number of hydrogen-bond acceptors (Lipinski definition) is 3. The molecule has 0 aliphatic rings. The molecule has 0 atom stereocenters. The number of aromatic nitrogens is 1. The normalized spacial score (nSPS) is 11.7. The number of benzene rings is 2. The van der Waals surface area contributed by atoms with Crippen molar-refractivity contribution < 1.29 is 13.2 Å². The maximum absolute atomic E-state index is 13.1. The number of Topliss-reactive ketones (excluding diaryl/α,β-unsaturated/α-hetero) is 1. The van der Waals surface area contributed by atoms with Crippen LogP contribution in [0.1, 0.15) is 23.0 Å². The Labute approximate surface area is 142 Å². The molecular formula is C17H14BrNO3S. The number of fused-ring (bicyclic) bond motifs is 1. The molecule has 0 unspecified atom stereocenters. The molecule has 23 heavy (non-hydrogen) atoms. The lowest BCUT2D eigenvalue weighted by Gasteiger charge is -2.11. The van der Waals surface area contributed by atoms with Crippen LogP contribution in [-0.4, -0.2) is 18.2 Å². The van der Waals surface area contributed by atoms with Crippen molar-refractivity contribution in [3.8, 4) is 0 Å². The summed E-state index contributed by atoms with van der Waals surface area (Å²) in [5.74, 6) is -0.155. The number of carbonyl (C=O) groups excluding carboxylic acids is 1. The SMILES string of the molecule is CC(=O)c1c(CBr)n(S(=O)(=O)c2ccccc2)c2ccccc12. The predicted molar refractivity (Wildman–Crippen MR) is 93.6 cm³/mol. The molecule has 4 nitrogen and oxygen atoms in total. The highest BCUT2D eigenvalue weighted by atomic mass is 79.9. The summed E-state index contributed by atoms with van der Waals surface area (Å²) in [5.41, 5.74) is 1.40. The van der Waals surface area contributed by atoms with E-state index in [-0.39, 0.29) is 16.0 Å². The number of halogens is 1. The first kappa shape index (κ1) is 16.0. The summed E-state index contributed by atoms with van der Waals surface area (Å²) >= 11 is 3.33. The average Bonchev–Trinajstić information content (AvgIpc) is 2.90. The summed E-state index contributed by atoms with van der Waals surface area (Å²) in [6.45, 7) is 1.45. The van der Waals surface area contributed by atoms with Gasteiger partial charge in [-0.3, -0.25) is 4.79 Å². The van der Waals surface area contributed by atoms with Gasteiger partial charge in [0.15, 0.2) is 5.78 Å². The minimum absolute atomic E-state index is 0.155. The number of hydrogen-bond donors (Lipinski definition) is 0. The molecule has 6 heteroatoms. The zero-order valence-corrected chi connectivity index (χ0v) is 14.8. The van der Waals surface area contributed by atoms with Crippen LogP contribution >= 0.6 is 15.9 Å². The van der Waals surface area contributed by atoms with Gasteiger partial charge in [-0.2, -0.15) is 0 Å². The van der Waals surface area contributed by atoms with Crippen LogP contribution in [0.5, 0.6) is 0 Å². The van der Waals surface area contributed by atoms with E-state index in [1.807, 2.05) is 0 Å². The maximum Gasteiger partial charge on any atom is 0.268 e. The van der Waals surface area contributed by atoms with Gasteiger partial charge < -0.3 is 0 Å². The van der Waals surface area contributed by atoms with Crippen LogP contribution < -0.4 is 0 Å². The van der Waals surface area contributed by atoms with Crippen molar-refractivity contribution in [2.75, 3.05) is 0 Å². The average molecular weight is 392 g/mol. The molecule has 1 aromatic heterocycles. The summed E-state index contributed by atoms with van der Waals surface area (Å²) in [4.78, 5) is 12.3. The van der Waals surface area contributed by atoms with Gasteiger partial charge in [0.05, 0.1) is 16.1 Å². The molecule has 3 aromatic rings. The lowest BCUT2D eigenvalue weighted by Crippen LogP contribution is -2.16. The predicted octanol–water partition coefficient (Wildman–Crippen LogP) is 3.98. The lowest BCUT2D eigenvalue weighted by atomic mass is 10.1. The fourth-order valence-electron chi connectivity index (χ4n) is 2.75. The van der Waals surface area contributed by atoms with Gasteiger partial charge in [-0.1, -0.05) is 52.3 Å². The number of alkyl halides is 1. The van der Waals surface area contributed by atoms with Gasteiger partial charge >= 0.3 is 0 Å². The van der Waals surface area contributed by atoms with E-state index in [0.717, 1.165) is 0 Å². The molecule has 1 heterocycles. The Morgan fingerprint density at radius 3 is 2.26 bits per heavy atom. The zero-order valence-electron chi connectivity index (χ0n) is 12.4. The van der Waals surface area contributed by atoms with Crippen molar-refractivity contribution in [1.82, 2.24) is 3.97 Å². The molecule has 0 bridgehead atoms. The van der Waals surface area contributed by atoms with Gasteiger partial charge in [0.1, 0.15) is 0 Å². The number of ketones is 1. The summed E-state index contributed by atoms with van der Waals surface area (Å²) in [6, 6.07) is 15.3. The highest BCUT2D eigenvalue weighted by molar-refractivity contribution is 9.08. The molecular weight excluding hydrogens is 378 g/mol. The minimum atomic E-state index is -3.79. The summed E-state index contributed by atoms with van der Waals surface area (Å²) in [5, 5.41) is 0.914. The monoisotopic (exact) mass is 391 g/mol. The van der Waals surface area contributed by atoms with E-state index < -0.39 is 10.0 Å². The third kappa shape index (κ3) is 2.52. The Morgan fingerprint density at radius 2 is 1.65 bits per heavy atom. The Hall–Kier alpha value is -1.92. The van der Waals surface area contributed by atoms with Crippen LogP contribution in [0.2, 0.25) is 0 Å². The summed E-state index contributed by atoms with van der Waals surface area (Å²) in [6.07, 6.45) is 0. The third-order valence-corrected chi connectivity index (χ3v) is 5.98. The van der Waals surface area contributed by atoms with Gasteiger partial charge in [0.25, 0.3) is 10.0 Å². The second-order valence-electron chi connectivity index (χ2n) is 5.11. The molecule has 0 aliphatic carbocycles. The molecule has 0 radical (unpaired) electrons. The third-order valence-electron chi connectivity index (χ3n) is 3.69. The van der Waals surface area contributed by atoms with Crippen molar-refractivity contribution in [2.45, 2.75) is 17.1 Å². The molecule has 0 aliphatic heterocycles. The lowest BCUT2D eigenvalue weighted by molar-refractivity contribution is 0.101. The topological polar surface area (TPSA) is 56.1 Å². The van der Waals surface area contributed by atoms with Gasteiger partial charge in [-0.15, -0.1) is 0 Å². The molecule has 0 fully saturated rings. The van der Waals surface area contributed by atoms with E-state index in [9.17, 15) is 13.2 Å². The molecule has 0 spiro atoms. The van der Waals surface area contributed by atoms with Crippen LogP contribution in [0.15, 0.2) is 59.5 Å². The highest BCUT2D eigenvalue weighted by Crippen LogP contribution is 2.32. The fraction of sp³-hybridized carbons (Fsp3) is 0.118. The van der Waals surface area contributed by atoms with Crippen LogP contribution in [0.3, 0.4) is 0 Å². The second kappa shape index (κ2) is 5.94. The van der Waals surface area contributed by atoms with E-state index in [4.69, 9.17) is 0 Å². The Balaban J connectivity index is 2.45. The molecule has 3 rings (SSSR count). The van der Waals surface area contributed by atoms with Crippen LogP contribution in [0, 0.1) is 0 Å². The number of nitrogens with zero attached hydrogens (tertiary/aromatic N) is 1. The first-order valence-corrected chi connectivity index (χ1v) is 9.54. The number of carbonyl (C=O) groups is 1. The van der Waals surface area contributed by atoms with Gasteiger partial charge in [0, 0.05) is 16.3 Å². The van der Waals surface area contributed by atoms with E-state index >= 15 is 0 Å². The van der Waals surface area contributed by atoms with E-state index in [2.05, 4.69) is 15.9 Å². The van der Waals surface area contributed by atoms with Crippen LogP contribution in [-0.2, 0) is 15.4 Å². The Morgan fingerprint density at radius 1 is 1.04 bits per heavy atom. The first-order valence-electron chi connectivity index (χ1n) is 6.98. The largest absolute Gasteiger partial charge is 0.294 e. The molecule has 0 saturated heterocycles. The molecule has 0 N–H and O–H groups in total. The number of rotatable bonds is 4. The van der Waals surface area contributed by atoms with E-state index in [0.29, 0.717) is 22.2 Å². The van der Waals surface area contributed by atoms with Gasteiger partial charge in [-0.25, -0.2) is 12.4 Å². The van der Waals surface area contributed by atoms with Crippen LogP contribution in [0.25, 0.3) is 10.9 Å². The summed E-state index contributed by atoms with van der Waals surface area (Å²) < 4.78 is 27.5. The molecule has 0 saturated carbocycles. The highest BCUT2D eigenvalue weighted by Gasteiger charge is 2.27. The molecule has 118 valence electrons. The van der Waals surface area contributed by atoms with E-state index in [1.165, 1.54) is 10.9 Å². The zero-order chi connectivity index (χ0) is 16.6. The van der Waals surface area contributed by atoms with Crippen molar-refractivity contribution in [3.05, 3.63) is 65.9 Å². The fourth-order valence-corrected chi connectivity index (χ4v) is 5.02. The first-order chi connectivity index (χ1) is 11.0. The van der Waals surface area contributed by atoms with Crippen molar-refractivity contribution in [3.63, 3.8) is 0 Å². The standard InChI is InChI=1S/C17H14BrNO3S/c1-12(20)17-14-9-5-6-10-15(14)19(16(17)11-18)23(21,22)13-7-3-2-4-8-13/h2-10H,11H2,1H3. The smallest absolute Gasteiger partial charge is 0.268 e. The van der Waals surface area contributed by atoms with E-state index in [1.54, 1.807) is 54.6 Å². The Bertz CT molecular complexity index is 991. The second-order valence-corrected chi connectivity index (χ2v) is 7.46. The Kier molecular flexibility index (Phi) is 4.12. The maximum atomic E-state index is 13.1. The number of para-hydroxylation sites is 1. The van der Waals surface area contributed by atoms with Crippen LogP contribution in [0.4, 0.5) is 0 Å². The quantitative estimate of drug-likeness (QED) is 0.499. The summed E-state index contributed by atoms with van der Waals surface area (Å²) in [7, 11) is -3.79. The van der Waals surface area contributed by atoms with Crippen molar-refractivity contribution in [2.24, 2.45) is 0 Å². The van der Waals surface area contributed by atoms with Gasteiger partial charge in [0.2, 0.25) is 0 Å².